The van der Waals surface area contributed by atoms with E-state index in [0.29, 0.717) is 19.0 Å². The normalized spacial score (nSPS) is 13.7. The van der Waals surface area contributed by atoms with Gasteiger partial charge in [0.25, 0.3) is 5.56 Å². The Balaban J connectivity index is 1.46. The first-order valence-electron chi connectivity index (χ1n) is 10.2. The van der Waals surface area contributed by atoms with Gasteiger partial charge in [-0.15, -0.1) is 17.9 Å². The Morgan fingerprint density at radius 2 is 2.14 bits per heavy atom. The molecular weight excluding hydrogens is 380 g/mol. The Labute approximate surface area is 173 Å². The minimum Gasteiger partial charge on any atom is -0.361 e. The predicted molar refractivity (Wildman–Crippen MR) is 121 cm³/mol. The summed E-state index contributed by atoms with van der Waals surface area (Å²) in [5, 5.41) is 5.48. The maximum atomic E-state index is 13.3. The number of thiophene rings is 1. The van der Waals surface area contributed by atoms with E-state index in [1.54, 1.807) is 22.0 Å². The molecule has 5 rings (SSSR count). The molecule has 0 radical (unpaired) electrons. The molecule has 0 saturated heterocycles. The molecule has 6 heteroatoms. The van der Waals surface area contributed by atoms with Crippen molar-refractivity contribution in [3.8, 4) is 0 Å². The number of aromatic amines is 1. The number of hydrogen-bond acceptors (Lipinski definition) is 4. The van der Waals surface area contributed by atoms with Gasteiger partial charge in [-0.2, -0.15) is 0 Å². The van der Waals surface area contributed by atoms with Gasteiger partial charge in [0.15, 0.2) is 0 Å². The van der Waals surface area contributed by atoms with E-state index in [1.165, 1.54) is 27.8 Å². The molecule has 4 aromatic rings. The lowest BCUT2D eigenvalue weighted by molar-refractivity contribution is 0.698. The van der Waals surface area contributed by atoms with Crippen LogP contribution < -0.4 is 10.9 Å². The molecule has 0 unspecified atom stereocenters. The second kappa shape index (κ2) is 7.52. The van der Waals surface area contributed by atoms with Crippen molar-refractivity contribution in [2.75, 3.05) is 11.9 Å². The molecule has 0 aliphatic heterocycles. The average molecular weight is 405 g/mol. The van der Waals surface area contributed by atoms with Crippen molar-refractivity contribution in [3.63, 3.8) is 0 Å². The number of rotatable bonds is 6. The highest BCUT2D eigenvalue weighted by Gasteiger charge is 2.21. The van der Waals surface area contributed by atoms with Crippen molar-refractivity contribution in [2.45, 2.75) is 38.6 Å². The average Bonchev–Trinajstić information content (AvgIpc) is 3.32. The van der Waals surface area contributed by atoms with Crippen LogP contribution in [0.2, 0.25) is 0 Å². The summed E-state index contributed by atoms with van der Waals surface area (Å²) in [6.45, 7) is 5.00. The number of H-pyrrole nitrogens is 1. The van der Waals surface area contributed by atoms with E-state index in [0.717, 1.165) is 41.4 Å². The van der Waals surface area contributed by atoms with Crippen LogP contribution in [-0.2, 0) is 25.8 Å². The van der Waals surface area contributed by atoms with E-state index >= 15 is 0 Å². The lowest BCUT2D eigenvalue weighted by Crippen LogP contribution is -2.25. The number of aryl methyl sites for hydroxylation is 2. The van der Waals surface area contributed by atoms with Crippen molar-refractivity contribution in [1.82, 2.24) is 14.5 Å². The molecule has 1 aliphatic rings. The number of aromatic nitrogens is 3. The minimum absolute atomic E-state index is 0.0592. The summed E-state index contributed by atoms with van der Waals surface area (Å²) in [6.07, 6.45) is 9.10. The maximum Gasteiger partial charge on any atom is 0.264 e. The minimum atomic E-state index is 0.0592. The third-order valence-electron chi connectivity index (χ3n) is 5.74. The van der Waals surface area contributed by atoms with Crippen LogP contribution in [0.3, 0.4) is 0 Å². The van der Waals surface area contributed by atoms with Gasteiger partial charge in [-0.25, -0.2) is 4.98 Å². The van der Waals surface area contributed by atoms with Crippen LogP contribution in [0.1, 0.15) is 28.8 Å². The Morgan fingerprint density at radius 3 is 3.03 bits per heavy atom. The fraction of sp³-hybridized carbons (Fsp3) is 0.304. The molecule has 3 heterocycles. The van der Waals surface area contributed by atoms with Gasteiger partial charge in [-0.3, -0.25) is 9.36 Å². The highest BCUT2D eigenvalue weighted by atomic mass is 32.1. The van der Waals surface area contributed by atoms with Gasteiger partial charge in [-0.05, 0) is 49.3 Å². The molecule has 0 spiro atoms. The molecular formula is C23H24N4OS. The van der Waals surface area contributed by atoms with Gasteiger partial charge in [-0.1, -0.05) is 24.3 Å². The molecule has 29 heavy (non-hydrogen) atoms. The Kier molecular flexibility index (Phi) is 4.72. The Morgan fingerprint density at radius 1 is 1.28 bits per heavy atom. The largest absolute Gasteiger partial charge is 0.361 e. The fourth-order valence-electron chi connectivity index (χ4n) is 4.32. The van der Waals surface area contributed by atoms with Crippen LogP contribution in [0.15, 0.2) is 47.9 Å². The van der Waals surface area contributed by atoms with Crippen LogP contribution >= 0.6 is 11.3 Å². The Hall–Kier alpha value is -2.86. The van der Waals surface area contributed by atoms with Crippen LogP contribution in [0, 0.1) is 0 Å². The summed E-state index contributed by atoms with van der Waals surface area (Å²) in [5.41, 5.74) is 3.70. The van der Waals surface area contributed by atoms with Gasteiger partial charge in [0, 0.05) is 35.1 Å². The summed E-state index contributed by atoms with van der Waals surface area (Å²) in [7, 11) is 0. The maximum absolute atomic E-state index is 13.3. The van der Waals surface area contributed by atoms with Crippen LogP contribution in [-0.4, -0.2) is 21.1 Å². The first kappa shape index (κ1) is 18.2. The van der Waals surface area contributed by atoms with Crippen LogP contribution in [0.5, 0.6) is 0 Å². The number of para-hydroxylation sites is 1. The molecule has 0 amide bonds. The number of fused-ring (bicyclic) bond motifs is 4. The van der Waals surface area contributed by atoms with Gasteiger partial charge in [0.1, 0.15) is 4.83 Å². The second-order valence-corrected chi connectivity index (χ2v) is 8.65. The number of anilines is 1. The van der Waals surface area contributed by atoms with Gasteiger partial charge in [0.05, 0.1) is 5.39 Å². The number of nitrogens with one attached hydrogen (secondary N) is 2. The molecule has 3 aromatic heterocycles. The Bertz CT molecular complexity index is 1260. The van der Waals surface area contributed by atoms with Crippen molar-refractivity contribution in [2.24, 2.45) is 0 Å². The van der Waals surface area contributed by atoms with E-state index < -0.39 is 0 Å². The first-order valence-corrected chi connectivity index (χ1v) is 11.0. The van der Waals surface area contributed by atoms with E-state index in [4.69, 9.17) is 4.98 Å². The smallest absolute Gasteiger partial charge is 0.264 e. The molecule has 0 saturated carbocycles. The zero-order valence-electron chi connectivity index (χ0n) is 16.3. The molecule has 0 atom stereocenters. The molecule has 1 aromatic carbocycles. The lowest BCUT2D eigenvalue weighted by Gasteiger charge is -2.13. The molecule has 2 N–H and O–H groups in total. The highest BCUT2D eigenvalue weighted by Crippen LogP contribution is 2.34. The third kappa shape index (κ3) is 3.17. The molecule has 0 fully saturated rings. The van der Waals surface area contributed by atoms with Crippen molar-refractivity contribution >= 4 is 38.4 Å². The third-order valence-corrected chi connectivity index (χ3v) is 6.92. The standard InChI is InChI=1S/C23H24N4OS/c1-2-13-27-22(28)20-17-8-4-6-10-19(17)29-21(20)26-23(27)24-12-11-15-14-25-18-9-5-3-7-16(15)18/h2-3,5,7,9,14,25H,1,4,6,8,10-13H2,(H,24,26). The summed E-state index contributed by atoms with van der Waals surface area (Å²) < 4.78 is 1.73. The predicted octanol–water partition coefficient (Wildman–Crippen LogP) is 4.66. The first-order chi connectivity index (χ1) is 14.3. The zero-order chi connectivity index (χ0) is 19.8. The summed E-state index contributed by atoms with van der Waals surface area (Å²) in [6, 6.07) is 8.31. The molecule has 148 valence electrons. The number of hydrogen-bond donors (Lipinski definition) is 2. The monoisotopic (exact) mass is 404 g/mol. The van der Waals surface area contributed by atoms with E-state index in [9.17, 15) is 4.79 Å². The second-order valence-electron chi connectivity index (χ2n) is 7.57. The van der Waals surface area contributed by atoms with Crippen LogP contribution in [0.4, 0.5) is 5.95 Å². The van der Waals surface area contributed by atoms with Gasteiger partial charge < -0.3 is 10.3 Å². The highest BCUT2D eigenvalue weighted by molar-refractivity contribution is 7.18. The van der Waals surface area contributed by atoms with E-state index in [-0.39, 0.29) is 5.56 Å². The quantitative estimate of drug-likeness (QED) is 0.460. The van der Waals surface area contributed by atoms with Crippen molar-refractivity contribution < 1.29 is 0 Å². The number of benzene rings is 1. The van der Waals surface area contributed by atoms with E-state index in [2.05, 4.69) is 41.3 Å². The summed E-state index contributed by atoms with van der Waals surface area (Å²) in [5.74, 6) is 0.640. The molecule has 5 nitrogen and oxygen atoms in total. The van der Waals surface area contributed by atoms with Crippen molar-refractivity contribution in [3.05, 3.63) is 69.5 Å². The molecule has 1 aliphatic carbocycles. The topological polar surface area (TPSA) is 62.7 Å². The molecule has 0 bridgehead atoms. The van der Waals surface area contributed by atoms with Crippen LogP contribution in [0.25, 0.3) is 21.1 Å². The number of nitrogens with zero attached hydrogens (tertiary/aromatic N) is 2. The van der Waals surface area contributed by atoms with Crippen molar-refractivity contribution in [1.29, 1.82) is 0 Å². The van der Waals surface area contributed by atoms with Gasteiger partial charge >= 0.3 is 0 Å². The SMILES string of the molecule is C=CCn1c(NCCc2c[nH]c3ccccc23)nc2sc3c(c2c1=O)CCCC3. The van der Waals surface area contributed by atoms with Gasteiger partial charge in [0.2, 0.25) is 5.95 Å². The van der Waals surface area contributed by atoms with E-state index in [1.807, 2.05) is 6.07 Å². The zero-order valence-corrected chi connectivity index (χ0v) is 17.1. The lowest BCUT2D eigenvalue weighted by atomic mass is 9.97. The fourth-order valence-corrected chi connectivity index (χ4v) is 5.57. The summed E-state index contributed by atoms with van der Waals surface area (Å²) >= 11 is 1.69. The summed E-state index contributed by atoms with van der Waals surface area (Å²) in [4.78, 5) is 23.7. The number of allylic oxidation sites excluding steroid dienone is 1.